The Morgan fingerprint density at radius 2 is 1.68 bits per heavy atom. The highest BCUT2D eigenvalue weighted by molar-refractivity contribution is 6.30. The van der Waals surface area contributed by atoms with Crippen LogP contribution in [-0.2, 0) is 11.3 Å². The highest BCUT2D eigenvalue weighted by atomic mass is 35.5. The molecule has 0 bridgehead atoms. The van der Waals surface area contributed by atoms with E-state index in [4.69, 9.17) is 11.6 Å². The number of carbonyl (C=O) groups excluding carboxylic acids is 3. The maximum absolute atomic E-state index is 12.3. The molecule has 0 saturated heterocycles. The predicted octanol–water partition coefficient (Wildman–Crippen LogP) is 2.98. The average Bonchev–Trinajstić information content (AvgIpc) is 2.84. The first kappa shape index (κ1) is 17.2. The number of imide groups is 1. The minimum absolute atomic E-state index is 0.0745. The quantitative estimate of drug-likeness (QED) is 0.774. The number of nitrogens with zero attached hydrogens (tertiary/aromatic N) is 2. The second kappa shape index (κ2) is 7.07. The van der Waals surface area contributed by atoms with Crippen molar-refractivity contribution in [1.82, 2.24) is 9.80 Å². The third kappa shape index (κ3) is 3.56. The number of benzene rings is 2. The maximum Gasteiger partial charge on any atom is 0.261 e. The van der Waals surface area contributed by atoms with Crippen LogP contribution < -0.4 is 0 Å². The summed E-state index contributed by atoms with van der Waals surface area (Å²) in [6.07, 6.45) is 0.0858. The van der Waals surface area contributed by atoms with Gasteiger partial charge in [0.1, 0.15) is 0 Å². The maximum atomic E-state index is 12.3. The van der Waals surface area contributed by atoms with Gasteiger partial charge in [-0.15, -0.1) is 0 Å². The summed E-state index contributed by atoms with van der Waals surface area (Å²) in [5.41, 5.74) is 1.71. The molecule has 0 radical (unpaired) electrons. The lowest BCUT2D eigenvalue weighted by Crippen LogP contribution is -2.35. The zero-order valence-electron chi connectivity index (χ0n) is 13.7. The standard InChI is InChI=1S/C19H17ClN2O3/c1-21(12-13-5-4-6-14(20)11-13)17(23)9-10-22-18(24)15-7-2-3-8-16(15)19(22)25/h2-8,11H,9-10,12H2,1H3. The van der Waals surface area contributed by atoms with Crippen LogP contribution in [0.4, 0.5) is 0 Å². The number of fused-ring (bicyclic) bond motifs is 1. The summed E-state index contributed by atoms with van der Waals surface area (Å²) in [6, 6.07) is 14.0. The molecule has 0 atom stereocenters. The van der Waals surface area contributed by atoms with Crippen molar-refractivity contribution in [2.45, 2.75) is 13.0 Å². The third-order valence-electron chi connectivity index (χ3n) is 4.16. The van der Waals surface area contributed by atoms with E-state index in [0.29, 0.717) is 22.7 Å². The molecule has 0 spiro atoms. The minimum atomic E-state index is -0.342. The van der Waals surface area contributed by atoms with Gasteiger partial charge in [0.2, 0.25) is 5.91 Å². The summed E-state index contributed by atoms with van der Waals surface area (Å²) < 4.78 is 0. The normalized spacial score (nSPS) is 13.1. The Balaban J connectivity index is 1.59. The molecule has 3 amide bonds. The van der Waals surface area contributed by atoms with Crippen LogP contribution in [0.1, 0.15) is 32.7 Å². The number of hydrogen-bond donors (Lipinski definition) is 0. The Morgan fingerprint density at radius 3 is 2.28 bits per heavy atom. The molecule has 5 nitrogen and oxygen atoms in total. The fourth-order valence-corrected chi connectivity index (χ4v) is 3.05. The number of hydrogen-bond acceptors (Lipinski definition) is 3. The van der Waals surface area contributed by atoms with E-state index in [1.807, 2.05) is 12.1 Å². The molecule has 0 unspecified atom stereocenters. The molecule has 128 valence electrons. The first-order valence-electron chi connectivity index (χ1n) is 7.91. The molecule has 1 heterocycles. The highest BCUT2D eigenvalue weighted by Crippen LogP contribution is 2.22. The van der Waals surface area contributed by atoms with Crippen LogP contribution in [0, 0.1) is 0 Å². The van der Waals surface area contributed by atoms with E-state index in [-0.39, 0.29) is 30.7 Å². The molecule has 2 aromatic carbocycles. The van der Waals surface area contributed by atoms with Gasteiger partial charge in [0.05, 0.1) is 11.1 Å². The second-order valence-corrected chi connectivity index (χ2v) is 6.37. The summed E-state index contributed by atoms with van der Waals surface area (Å²) >= 11 is 5.95. The van der Waals surface area contributed by atoms with Crippen LogP contribution in [-0.4, -0.2) is 41.1 Å². The second-order valence-electron chi connectivity index (χ2n) is 5.94. The number of carbonyl (C=O) groups is 3. The van der Waals surface area contributed by atoms with Crippen LogP contribution in [0.25, 0.3) is 0 Å². The van der Waals surface area contributed by atoms with Crippen LogP contribution in [0.2, 0.25) is 5.02 Å². The van der Waals surface area contributed by atoms with Crippen LogP contribution in [0.3, 0.4) is 0 Å². The van der Waals surface area contributed by atoms with Gasteiger partial charge in [-0.2, -0.15) is 0 Å². The van der Waals surface area contributed by atoms with Crippen molar-refractivity contribution in [2.75, 3.05) is 13.6 Å². The SMILES string of the molecule is CN(Cc1cccc(Cl)c1)C(=O)CCN1C(=O)c2ccccc2C1=O. The van der Waals surface area contributed by atoms with Gasteiger partial charge < -0.3 is 4.90 Å². The number of rotatable bonds is 5. The topological polar surface area (TPSA) is 57.7 Å². The van der Waals surface area contributed by atoms with Gasteiger partial charge in [0.15, 0.2) is 0 Å². The van der Waals surface area contributed by atoms with E-state index < -0.39 is 0 Å². The molecule has 2 aromatic rings. The Labute approximate surface area is 150 Å². The summed E-state index contributed by atoms with van der Waals surface area (Å²) in [4.78, 5) is 39.6. The number of amides is 3. The molecule has 0 saturated carbocycles. The van der Waals surface area contributed by atoms with Gasteiger partial charge in [-0.1, -0.05) is 35.9 Å². The molecule has 25 heavy (non-hydrogen) atoms. The smallest absolute Gasteiger partial charge is 0.261 e. The van der Waals surface area contributed by atoms with Gasteiger partial charge in [0, 0.05) is 31.6 Å². The van der Waals surface area contributed by atoms with Crippen molar-refractivity contribution in [3.8, 4) is 0 Å². The van der Waals surface area contributed by atoms with Crippen LogP contribution in [0.5, 0.6) is 0 Å². The Morgan fingerprint density at radius 1 is 1.04 bits per heavy atom. The van der Waals surface area contributed by atoms with Gasteiger partial charge in [-0.3, -0.25) is 19.3 Å². The first-order valence-corrected chi connectivity index (χ1v) is 8.29. The molecular weight excluding hydrogens is 340 g/mol. The van der Waals surface area contributed by atoms with Crippen molar-refractivity contribution < 1.29 is 14.4 Å². The molecule has 1 aliphatic rings. The van der Waals surface area contributed by atoms with Gasteiger partial charge in [-0.05, 0) is 29.8 Å². The van der Waals surface area contributed by atoms with E-state index >= 15 is 0 Å². The lowest BCUT2D eigenvalue weighted by atomic mass is 10.1. The lowest BCUT2D eigenvalue weighted by molar-refractivity contribution is -0.130. The van der Waals surface area contributed by atoms with E-state index in [1.54, 1.807) is 48.3 Å². The van der Waals surface area contributed by atoms with Crippen LogP contribution >= 0.6 is 11.6 Å². The van der Waals surface area contributed by atoms with E-state index in [1.165, 1.54) is 0 Å². The minimum Gasteiger partial charge on any atom is -0.341 e. The zero-order valence-corrected chi connectivity index (χ0v) is 14.5. The van der Waals surface area contributed by atoms with Gasteiger partial charge in [-0.25, -0.2) is 0 Å². The molecule has 0 N–H and O–H groups in total. The Hall–Kier alpha value is -2.66. The van der Waals surface area contributed by atoms with Crippen LogP contribution in [0.15, 0.2) is 48.5 Å². The van der Waals surface area contributed by atoms with Crippen molar-refractivity contribution in [3.05, 3.63) is 70.2 Å². The summed E-state index contributed by atoms with van der Waals surface area (Å²) in [5.74, 6) is -0.826. The molecular formula is C19H17ClN2O3. The largest absolute Gasteiger partial charge is 0.341 e. The summed E-state index contributed by atoms with van der Waals surface area (Å²) in [7, 11) is 1.69. The average molecular weight is 357 g/mol. The molecule has 1 aliphatic heterocycles. The van der Waals surface area contributed by atoms with E-state index in [0.717, 1.165) is 10.5 Å². The molecule has 6 heteroatoms. The van der Waals surface area contributed by atoms with Crippen molar-refractivity contribution >= 4 is 29.3 Å². The number of halogens is 1. The summed E-state index contributed by atoms with van der Waals surface area (Å²) in [5, 5.41) is 0.615. The fraction of sp³-hybridized carbons (Fsp3) is 0.211. The predicted molar refractivity (Wildman–Crippen MR) is 94.4 cm³/mol. The lowest BCUT2D eigenvalue weighted by Gasteiger charge is -2.19. The first-order chi connectivity index (χ1) is 12.0. The van der Waals surface area contributed by atoms with E-state index in [9.17, 15) is 14.4 Å². The molecule has 0 aliphatic carbocycles. The fourth-order valence-electron chi connectivity index (χ4n) is 2.84. The Kier molecular flexibility index (Phi) is 4.86. The molecule has 3 rings (SSSR count). The molecule has 0 aromatic heterocycles. The van der Waals surface area contributed by atoms with Gasteiger partial charge >= 0.3 is 0 Å². The monoisotopic (exact) mass is 356 g/mol. The third-order valence-corrected chi connectivity index (χ3v) is 4.40. The van der Waals surface area contributed by atoms with E-state index in [2.05, 4.69) is 0 Å². The van der Waals surface area contributed by atoms with Gasteiger partial charge in [0.25, 0.3) is 11.8 Å². The van der Waals surface area contributed by atoms with Crippen molar-refractivity contribution in [3.63, 3.8) is 0 Å². The molecule has 0 fully saturated rings. The summed E-state index contributed by atoms with van der Waals surface area (Å²) in [6.45, 7) is 0.493. The Bertz CT molecular complexity index is 815. The van der Waals surface area contributed by atoms with Crippen molar-refractivity contribution in [2.24, 2.45) is 0 Å². The highest BCUT2D eigenvalue weighted by Gasteiger charge is 2.35. The zero-order chi connectivity index (χ0) is 18.0. The van der Waals surface area contributed by atoms with Crippen molar-refractivity contribution in [1.29, 1.82) is 0 Å².